The Bertz CT molecular complexity index is 269. The number of aldehydes is 2. The van der Waals surface area contributed by atoms with Crippen molar-refractivity contribution >= 4 is 12.6 Å². The van der Waals surface area contributed by atoms with Crippen LogP contribution in [0.15, 0.2) is 24.3 Å². The molecule has 3 heteroatoms. The number of hydrogen-bond acceptors (Lipinski definition) is 3. The molecule has 0 atom stereocenters. The van der Waals surface area contributed by atoms with Gasteiger partial charge in [0.2, 0.25) is 0 Å². The van der Waals surface area contributed by atoms with Crippen LogP contribution in [0.25, 0.3) is 0 Å². The maximum Gasteiger partial charge on any atom is 0.150 e. The second kappa shape index (κ2) is 12.5. The van der Waals surface area contributed by atoms with Crippen molar-refractivity contribution < 1.29 is 14.3 Å². The van der Waals surface area contributed by atoms with Gasteiger partial charge in [0.05, 0.1) is 0 Å². The molecule has 0 unspecified atom stereocenters. The molecule has 0 saturated carbocycles. The molecule has 15 heavy (non-hydrogen) atoms. The summed E-state index contributed by atoms with van der Waals surface area (Å²) in [5, 5.41) is 0. The Morgan fingerprint density at radius 1 is 1.13 bits per heavy atom. The fourth-order valence-electron chi connectivity index (χ4n) is 0.719. The third-order valence-electron chi connectivity index (χ3n) is 1.32. The lowest BCUT2D eigenvalue weighted by Gasteiger charge is -1.92. The molecule has 0 aromatic heterocycles. The fourth-order valence-corrected chi connectivity index (χ4v) is 0.719. The number of carbonyl (C=O) groups is 2. The molecule has 0 aliphatic heterocycles. The van der Waals surface area contributed by atoms with E-state index >= 15 is 0 Å². The number of benzene rings is 1. The summed E-state index contributed by atoms with van der Waals surface area (Å²) in [6.45, 7) is 3.36. The number of rotatable bonds is 1. The van der Waals surface area contributed by atoms with E-state index < -0.39 is 0 Å². The molecule has 0 fully saturated rings. The van der Waals surface area contributed by atoms with Crippen molar-refractivity contribution in [1.29, 1.82) is 0 Å². The molecule has 1 aromatic rings. The largest absolute Gasteiger partial charge is 0.388 e. The van der Waals surface area contributed by atoms with E-state index in [0.29, 0.717) is 0 Å². The molecule has 0 saturated heterocycles. The van der Waals surface area contributed by atoms with Gasteiger partial charge in [0, 0.05) is 19.8 Å². The van der Waals surface area contributed by atoms with Crippen molar-refractivity contribution in [1.82, 2.24) is 0 Å². The van der Waals surface area contributed by atoms with Crippen LogP contribution in [0.3, 0.4) is 0 Å². The van der Waals surface area contributed by atoms with E-state index in [0.717, 1.165) is 23.7 Å². The Labute approximate surface area is 91.1 Å². The summed E-state index contributed by atoms with van der Waals surface area (Å²) in [5.41, 5.74) is 1.81. The SMILES string of the molecule is CC=O.COC.Cc1ccccc1C=O. The van der Waals surface area contributed by atoms with Gasteiger partial charge in [-0.15, -0.1) is 0 Å². The monoisotopic (exact) mass is 210 g/mol. The van der Waals surface area contributed by atoms with Gasteiger partial charge in [0.25, 0.3) is 0 Å². The van der Waals surface area contributed by atoms with Crippen LogP contribution in [0.4, 0.5) is 0 Å². The fraction of sp³-hybridized carbons (Fsp3) is 0.333. The van der Waals surface area contributed by atoms with Gasteiger partial charge in [-0.25, -0.2) is 0 Å². The number of methoxy groups -OCH3 is 1. The molecule has 3 nitrogen and oxygen atoms in total. The zero-order valence-corrected chi connectivity index (χ0v) is 9.69. The Morgan fingerprint density at radius 3 is 1.80 bits per heavy atom. The Hall–Kier alpha value is -1.48. The van der Waals surface area contributed by atoms with Gasteiger partial charge in [-0.1, -0.05) is 24.3 Å². The van der Waals surface area contributed by atoms with Gasteiger partial charge in [0.1, 0.15) is 12.6 Å². The second-order valence-corrected chi connectivity index (χ2v) is 2.62. The van der Waals surface area contributed by atoms with Gasteiger partial charge in [0.15, 0.2) is 0 Å². The van der Waals surface area contributed by atoms with E-state index in [4.69, 9.17) is 4.79 Å². The topological polar surface area (TPSA) is 43.4 Å². The number of aryl methyl sites for hydroxylation is 1. The van der Waals surface area contributed by atoms with E-state index in [2.05, 4.69) is 4.74 Å². The van der Waals surface area contributed by atoms with Crippen LogP contribution < -0.4 is 0 Å². The molecule has 84 valence electrons. The number of ether oxygens (including phenoxy) is 1. The Balaban J connectivity index is 0. The first kappa shape index (κ1) is 16.0. The predicted molar refractivity (Wildman–Crippen MR) is 61.2 cm³/mol. The van der Waals surface area contributed by atoms with Gasteiger partial charge in [-0.3, -0.25) is 4.79 Å². The van der Waals surface area contributed by atoms with Crippen molar-refractivity contribution in [3.05, 3.63) is 35.4 Å². The summed E-state index contributed by atoms with van der Waals surface area (Å²) >= 11 is 0. The molecule has 0 bridgehead atoms. The summed E-state index contributed by atoms with van der Waals surface area (Å²) < 4.78 is 4.25. The second-order valence-electron chi connectivity index (χ2n) is 2.62. The van der Waals surface area contributed by atoms with Crippen LogP contribution in [0.1, 0.15) is 22.8 Å². The van der Waals surface area contributed by atoms with Gasteiger partial charge >= 0.3 is 0 Å². The van der Waals surface area contributed by atoms with Crippen molar-refractivity contribution in [3.8, 4) is 0 Å². The van der Waals surface area contributed by atoms with Gasteiger partial charge < -0.3 is 9.53 Å². The molecular formula is C12H18O3. The normalized spacial score (nSPS) is 7.47. The van der Waals surface area contributed by atoms with Crippen molar-refractivity contribution in [2.45, 2.75) is 13.8 Å². The molecule has 1 rings (SSSR count). The minimum absolute atomic E-state index is 0.750. The molecule has 0 amide bonds. The first-order valence-corrected chi connectivity index (χ1v) is 4.48. The Morgan fingerprint density at radius 2 is 1.53 bits per heavy atom. The molecule has 0 aliphatic rings. The third kappa shape index (κ3) is 10.4. The summed E-state index contributed by atoms with van der Waals surface area (Å²) in [6, 6.07) is 7.51. The van der Waals surface area contributed by atoms with E-state index in [9.17, 15) is 4.79 Å². The van der Waals surface area contributed by atoms with E-state index in [-0.39, 0.29) is 0 Å². The number of carbonyl (C=O) groups excluding carboxylic acids is 2. The van der Waals surface area contributed by atoms with Gasteiger partial charge in [-0.05, 0) is 19.4 Å². The average Bonchev–Trinajstić information content (AvgIpc) is 2.21. The highest BCUT2D eigenvalue weighted by Crippen LogP contribution is 2.02. The predicted octanol–water partition coefficient (Wildman–Crippen LogP) is 2.28. The standard InChI is InChI=1S/C8H8O.C2H6O.C2H4O/c1-7-4-2-3-5-8(7)6-9;1-3-2;1-2-3/h2-6H,1H3;1-2H3;2H,1H3. The van der Waals surface area contributed by atoms with Crippen LogP contribution in [0.2, 0.25) is 0 Å². The maximum absolute atomic E-state index is 10.2. The van der Waals surface area contributed by atoms with Crippen LogP contribution in [-0.2, 0) is 9.53 Å². The third-order valence-corrected chi connectivity index (χ3v) is 1.32. The minimum atomic E-state index is 0.750. The van der Waals surface area contributed by atoms with Crippen LogP contribution >= 0.6 is 0 Å². The minimum Gasteiger partial charge on any atom is -0.388 e. The zero-order valence-electron chi connectivity index (χ0n) is 9.69. The summed E-state index contributed by atoms with van der Waals surface area (Å²) in [5.74, 6) is 0. The van der Waals surface area contributed by atoms with E-state index in [1.807, 2.05) is 31.2 Å². The first-order chi connectivity index (χ1) is 7.17. The zero-order chi connectivity index (χ0) is 12.1. The molecule has 0 aliphatic carbocycles. The smallest absolute Gasteiger partial charge is 0.150 e. The quantitative estimate of drug-likeness (QED) is 0.668. The highest BCUT2D eigenvalue weighted by atomic mass is 16.4. The van der Waals surface area contributed by atoms with Crippen LogP contribution in [-0.4, -0.2) is 26.8 Å². The van der Waals surface area contributed by atoms with Gasteiger partial charge in [-0.2, -0.15) is 0 Å². The van der Waals surface area contributed by atoms with E-state index in [1.54, 1.807) is 14.2 Å². The highest BCUT2D eigenvalue weighted by Gasteiger charge is 1.90. The van der Waals surface area contributed by atoms with Crippen LogP contribution in [0.5, 0.6) is 0 Å². The summed E-state index contributed by atoms with van der Waals surface area (Å²) in [7, 11) is 3.25. The lowest BCUT2D eigenvalue weighted by atomic mass is 10.1. The maximum atomic E-state index is 10.2. The lowest BCUT2D eigenvalue weighted by Crippen LogP contribution is -1.82. The van der Waals surface area contributed by atoms with Crippen molar-refractivity contribution in [2.24, 2.45) is 0 Å². The first-order valence-electron chi connectivity index (χ1n) is 4.48. The summed E-state index contributed by atoms with van der Waals surface area (Å²) in [4.78, 5) is 19.0. The van der Waals surface area contributed by atoms with Crippen LogP contribution in [0, 0.1) is 6.92 Å². The van der Waals surface area contributed by atoms with Crippen molar-refractivity contribution in [3.63, 3.8) is 0 Å². The Kier molecular flexibility index (Phi) is 13.3. The average molecular weight is 210 g/mol. The molecule has 0 heterocycles. The lowest BCUT2D eigenvalue weighted by molar-refractivity contribution is -0.106. The molecule has 1 aromatic carbocycles. The summed E-state index contributed by atoms with van der Waals surface area (Å²) in [6.07, 6.45) is 1.62. The molecule has 0 radical (unpaired) electrons. The number of hydrogen-bond donors (Lipinski definition) is 0. The molecular weight excluding hydrogens is 192 g/mol. The molecule has 0 spiro atoms. The highest BCUT2D eigenvalue weighted by molar-refractivity contribution is 5.76. The molecule has 0 N–H and O–H groups in total. The van der Waals surface area contributed by atoms with E-state index in [1.165, 1.54) is 6.92 Å². The van der Waals surface area contributed by atoms with Crippen molar-refractivity contribution in [2.75, 3.05) is 14.2 Å².